The van der Waals surface area contributed by atoms with E-state index >= 15 is 0 Å². The number of rotatable bonds is 8. The van der Waals surface area contributed by atoms with E-state index in [2.05, 4.69) is 19.2 Å². The highest BCUT2D eigenvalue weighted by molar-refractivity contribution is 6.17. The molecule has 0 spiro atoms. The van der Waals surface area contributed by atoms with Gasteiger partial charge in [-0.15, -0.1) is 11.6 Å². The van der Waals surface area contributed by atoms with Crippen molar-refractivity contribution in [3.05, 3.63) is 29.8 Å². The zero-order chi connectivity index (χ0) is 15.9. The lowest BCUT2D eigenvalue weighted by Crippen LogP contribution is -2.34. The van der Waals surface area contributed by atoms with Crippen LogP contribution in [-0.2, 0) is 0 Å². The minimum atomic E-state index is -0.0509. The molecule has 1 amide bonds. The normalized spacial score (nSPS) is 11.5. The maximum atomic E-state index is 12.1. The van der Waals surface area contributed by atoms with Crippen LogP contribution in [0.4, 0.5) is 0 Å². The van der Waals surface area contributed by atoms with Crippen LogP contribution in [0, 0.1) is 5.41 Å². The minimum Gasteiger partial charge on any atom is -0.491 e. The summed E-state index contributed by atoms with van der Waals surface area (Å²) >= 11 is 5.72. The van der Waals surface area contributed by atoms with Crippen molar-refractivity contribution in [1.29, 1.82) is 0 Å². The van der Waals surface area contributed by atoms with Crippen molar-refractivity contribution in [3.8, 4) is 5.75 Å². The van der Waals surface area contributed by atoms with Crippen molar-refractivity contribution in [2.24, 2.45) is 5.41 Å². The summed E-state index contributed by atoms with van der Waals surface area (Å²) in [6, 6.07) is 7.23. The summed E-state index contributed by atoms with van der Waals surface area (Å²) in [6.07, 6.45) is 2.09. The Hall–Kier alpha value is -1.22. The molecule has 0 saturated carbocycles. The number of benzene rings is 1. The van der Waals surface area contributed by atoms with Crippen molar-refractivity contribution < 1.29 is 9.53 Å². The first-order valence-electron chi connectivity index (χ1n) is 7.45. The van der Waals surface area contributed by atoms with Crippen LogP contribution in [0.1, 0.15) is 50.9 Å². The Balaban J connectivity index is 2.52. The van der Waals surface area contributed by atoms with E-state index in [9.17, 15) is 4.79 Å². The molecule has 21 heavy (non-hydrogen) atoms. The Morgan fingerprint density at radius 3 is 2.43 bits per heavy atom. The number of hydrogen-bond donors (Lipinski definition) is 1. The van der Waals surface area contributed by atoms with Crippen molar-refractivity contribution >= 4 is 17.5 Å². The molecule has 1 rings (SSSR count). The molecule has 0 heterocycles. The summed E-state index contributed by atoms with van der Waals surface area (Å²) in [6.45, 7) is 8.87. The molecule has 1 N–H and O–H groups in total. The predicted octanol–water partition coefficient (Wildman–Crippen LogP) is 4.25. The Bertz CT molecular complexity index is 441. The van der Waals surface area contributed by atoms with Crippen molar-refractivity contribution in [2.45, 2.75) is 46.6 Å². The van der Waals surface area contributed by atoms with Gasteiger partial charge in [-0.3, -0.25) is 4.79 Å². The molecule has 0 unspecified atom stereocenters. The van der Waals surface area contributed by atoms with Gasteiger partial charge >= 0.3 is 0 Å². The second-order valence-electron chi connectivity index (χ2n) is 6.33. The molecule has 0 aliphatic carbocycles. The molecule has 118 valence electrons. The molecule has 0 aliphatic rings. The summed E-state index contributed by atoms with van der Waals surface area (Å²) in [4.78, 5) is 12.1. The summed E-state index contributed by atoms with van der Waals surface area (Å²) in [5, 5.41) is 2.99. The van der Waals surface area contributed by atoms with Crippen LogP contribution in [0.25, 0.3) is 0 Å². The Morgan fingerprint density at radius 2 is 1.90 bits per heavy atom. The van der Waals surface area contributed by atoms with Crippen LogP contribution in [0.3, 0.4) is 0 Å². The number of hydrogen-bond acceptors (Lipinski definition) is 2. The summed E-state index contributed by atoms with van der Waals surface area (Å²) < 4.78 is 5.56. The van der Waals surface area contributed by atoms with E-state index in [1.165, 1.54) is 0 Å². The lowest BCUT2D eigenvalue weighted by molar-refractivity contribution is 0.0934. The van der Waals surface area contributed by atoms with Crippen LogP contribution >= 0.6 is 11.6 Å². The molecule has 1 aromatic carbocycles. The summed E-state index contributed by atoms with van der Waals surface area (Å²) in [5.74, 6) is 1.39. The molecular weight excluding hydrogens is 286 g/mol. The number of ether oxygens (including phenoxy) is 1. The van der Waals surface area contributed by atoms with Crippen LogP contribution < -0.4 is 10.1 Å². The van der Waals surface area contributed by atoms with E-state index in [0.29, 0.717) is 18.0 Å². The molecule has 0 aliphatic heterocycles. The van der Waals surface area contributed by atoms with Crippen LogP contribution in [0.2, 0.25) is 0 Å². The van der Waals surface area contributed by atoms with Gasteiger partial charge < -0.3 is 10.1 Å². The van der Waals surface area contributed by atoms with Crippen LogP contribution in [0.15, 0.2) is 24.3 Å². The smallest absolute Gasteiger partial charge is 0.251 e. The van der Waals surface area contributed by atoms with Gasteiger partial charge in [-0.25, -0.2) is 0 Å². The highest BCUT2D eigenvalue weighted by atomic mass is 35.5. The van der Waals surface area contributed by atoms with Crippen molar-refractivity contribution in [3.63, 3.8) is 0 Å². The number of nitrogens with one attached hydrogen (secondary N) is 1. The highest BCUT2D eigenvalue weighted by Crippen LogP contribution is 2.21. The number of amides is 1. The van der Waals surface area contributed by atoms with Crippen LogP contribution in [-0.4, -0.2) is 24.4 Å². The molecule has 1 aromatic rings. The fraction of sp³-hybridized carbons (Fsp3) is 0.588. The van der Waals surface area contributed by atoms with Gasteiger partial charge in [0.05, 0.1) is 6.10 Å². The largest absolute Gasteiger partial charge is 0.491 e. The zero-order valence-electron chi connectivity index (χ0n) is 13.4. The Labute approximate surface area is 133 Å². The third-order valence-corrected chi connectivity index (χ3v) is 3.47. The maximum absolute atomic E-state index is 12.1. The molecule has 0 saturated heterocycles. The SMILES string of the molecule is CC(C)Oc1ccc(C(=O)NCC(C)(C)CCCCl)cc1. The topological polar surface area (TPSA) is 38.3 Å². The average molecular weight is 312 g/mol. The first kappa shape index (κ1) is 17.8. The van der Waals surface area contributed by atoms with Gasteiger partial charge in [0.25, 0.3) is 5.91 Å². The van der Waals surface area contributed by atoms with E-state index in [1.54, 1.807) is 12.1 Å². The summed E-state index contributed by atoms with van der Waals surface area (Å²) in [7, 11) is 0. The van der Waals surface area contributed by atoms with Gasteiger partial charge in [-0.1, -0.05) is 13.8 Å². The monoisotopic (exact) mass is 311 g/mol. The van der Waals surface area contributed by atoms with Gasteiger partial charge in [-0.05, 0) is 56.4 Å². The van der Waals surface area contributed by atoms with Gasteiger partial charge in [0.15, 0.2) is 0 Å². The van der Waals surface area contributed by atoms with Gasteiger partial charge in [-0.2, -0.15) is 0 Å². The van der Waals surface area contributed by atoms with Crippen LogP contribution in [0.5, 0.6) is 5.75 Å². The minimum absolute atomic E-state index is 0.0509. The quantitative estimate of drug-likeness (QED) is 0.729. The lowest BCUT2D eigenvalue weighted by atomic mass is 9.88. The van der Waals surface area contributed by atoms with E-state index in [0.717, 1.165) is 18.6 Å². The summed E-state index contributed by atoms with van der Waals surface area (Å²) in [5.41, 5.74) is 0.713. The third-order valence-electron chi connectivity index (χ3n) is 3.20. The van der Waals surface area contributed by atoms with Crippen molar-refractivity contribution in [1.82, 2.24) is 5.32 Å². The first-order chi connectivity index (χ1) is 9.84. The second kappa shape index (κ2) is 8.28. The number of carbonyl (C=O) groups is 1. The number of halogens is 1. The van der Waals surface area contributed by atoms with Gasteiger partial charge in [0.2, 0.25) is 0 Å². The van der Waals surface area contributed by atoms with E-state index in [4.69, 9.17) is 16.3 Å². The molecule has 0 atom stereocenters. The van der Waals surface area contributed by atoms with E-state index in [-0.39, 0.29) is 17.4 Å². The van der Waals surface area contributed by atoms with E-state index < -0.39 is 0 Å². The first-order valence-corrected chi connectivity index (χ1v) is 7.98. The number of alkyl halides is 1. The zero-order valence-corrected chi connectivity index (χ0v) is 14.2. The fourth-order valence-corrected chi connectivity index (χ4v) is 2.15. The molecule has 0 bridgehead atoms. The molecule has 0 fully saturated rings. The Morgan fingerprint density at radius 1 is 1.29 bits per heavy atom. The fourth-order valence-electron chi connectivity index (χ4n) is 2.01. The van der Waals surface area contributed by atoms with Gasteiger partial charge in [0, 0.05) is 18.0 Å². The second-order valence-corrected chi connectivity index (χ2v) is 6.71. The molecular formula is C17H26ClNO2. The standard InChI is InChI=1S/C17H26ClNO2/c1-13(2)21-15-8-6-14(7-9-15)16(20)19-12-17(3,4)10-5-11-18/h6-9,13H,5,10-12H2,1-4H3,(H,19,20). The van der Waals surface area contributed by atoms with Gasteiger partial charge in [0.1, 0.15) is 5.75 Å². The number of carbonyl (C=O) groups excluding carboxylic acids is 1. The average Bonchev–Trinajstić information content (AvgIpc) is 2.43. The van der Waals surface area contributed by atoms with E-state index in [1.807, 2.05) is 26.0 Å². The third kappa shape index (κ3) is 6.85. The predicted molar refractivity (Wildman–Crippen MR) is 88.3 cm³/mol. The lowest BCUT2D eigenvalue weighted by Gasteiger charge is -2.24. The molecule has 3 nitrogen and oxygen atoms in total. The molecule has 0 radical (unpaired) electrons. The molecule has 0 aromatic heterocycles. The highest BCUT2D eigenvalue weighted by Gasteiger charge is 2.18. The maximum Gasteiger partial charge on any atom is 0.251 e. The van der Waals surface area contributed by atoms with Crippen molar-refractivity contribution in [2.75, 3.05) is 12.4 Å². The Kier molecular flexibility index (Phi) is 7.03. The molecule has 4 heteroatoms.